The monoisotopic (exact) mass is 187 g/mol. The fraction of sp³-hybridized carbons (Fsp3) is 1.00. The molecule has 1 atom stereocenters. The van der Waals surface area contributed by atoms with E-state index in [9.17, 15) is 0 Å². The van der Waals surface area contributed by atoms with Crippen molar-refractivity contribution >= 4 is 12.8 Å². The molecule has 70 valence electrons. The van der Waals surface area contributed by atoms with Crippen molar-refractivity contribution in [2.24, 2.45) is 0 Å². The first-order valence-electron chi connectivity index (χ1n) is 4.62. The summed E-state index contributed by atoms with van der Waals surface area (Å²) >= 11 is 4.39. The number of hydrogen-bond acceptors (Lipinski definition) is 4. The minimum atomic E-state index is 0.757. The van der Waals surface area contributed by atoms with Crippen molar-refractivity contribution in [3.63, 3.8) is 0 Å². The van der Waals surface area contributed by atoms with Crippen LogP contribution in [0.1, 0.15) is 6.42 Å². The maximum absolute atomic E-state index is 4.39. The van der Waals surface area contributed by atoms with Gasteiger partial charge >= 0.3 is 0 Å². The number of rotatable bonds is 0. The van der Waals surface area contributed by atoms with Crippen LogP contribution < -0.4 is 0 Å². The van der Waals surface area contributed by atoms with Crippen LogP contribution in [0.3, 0.4) is 0 Å². The van der Waals surface area contributed by atoms with E-state index in [2.05, 4.69) is 34.0 Å². The highest BCUT2D eigenvalue weighted by Crippen LogP contribution is 2.18. The van der Waals surface area contributed by atoms with Crippen molar-refractivity contribution in [2.45, 2.75) is 12.5 Å². The Morgan fingerprint density at radius 1 is 1.25 bits per heavy atom. The van der Waals surface area contributed by atoms with E-state index in [1.165, 1.54) is 19.5 Å². The predicted molar refractivity (Wildman–Crippen MR) is 53.2 cm³/mol. The Bertz CT molecular complexity index is 146. The van der Waals surface area contributed by atoms with Gasteiger partial charge in [0.1, 0.15) is 0 Å². The Balaban J connectivity index is 1.94. The average molecular weight is 187 g/mol. The highest BCUT2D eigenvalue weighted by Gasteiger charge is 2.29. The summed E-state index contributed by atoms with van der Waals surface area (Å²) in [6.07, 6.45) is 1.30. The molecular weight excluding hydrogens is 170 g/mol. The van der Waals surface area contributed by atoms with Gasteiger partial charge in [0.25, 0.3) is 0 Å². The molecule has 0 radical (unpaired) electrons. The predicted octanol–water partition coefficient (Wildman–Crippen LogP) is 0.110. The van der Waals surface area contributed by atoms with Gasteiger partial charge in [0.2, 0.25) is 0 Å². The SMILES string of the molecule is CN1CCC2CN(S)CCN2C1. The van der Waals surface area contributed by atoms with Gasteiger partial charge in [0, 0.05) is 32.2 Å². The Morgan fingerprint density at radius 2 is 2.08 bits per heavy atom. The van der Waals surface area contributed by atoms with Crippen molar-refractivity contribution in [2.75, 3.05) is 39.9 Å². The molecule has 3 nitrogen and oxygen atoms in total. The lowest BCUT2D eigenvalue weighted by Gasteiger charge is -2.45. The molecule has 0 aliphatic carbocycles. The molecule has 0 aromatic rings. The van der Waals surface area contributed by atoms with Gasteiger partial charge in [-0.2, -0.15) is 0 Å². The van der Waals surface area contributed by atoms with Gasteiger partial charge in [-0.15, -0.1) is 0 Å². The van der Waals surface area contributed by atoms with Crippen LogP contribution >= 0.6 is 12.8 Å². The molecule has 0 aromatic heterocycles. The zero-order chi connectivity index (χ0) is 8.55. The fourth-order valence-electron chi connectivity index (χ4n) is 2.09. The third-order valence-corrected chi connectivity index (χ3v) is 3.21. The summed E-state index contributed by atoms with van der Waals surface area (Å²) in [5.74, 6) is 0. The Kier molecular flexibility index (Phi) is 2.60. The third-order valence-electron chi connectivity index (χ3n) is 2.85. The second-order valence-corrected chi connectivity index (χ2v) is 4.45. The molecule has 2 fully saturated rings. The molecule has 0 aromatic carbocycles. The number of nitrogens with zero attached hydrogens (tertiary/aromatic N) is 3. The Hall–Kier alpha value is 0.230. The van der Waals surface area contributed by atoms with Crippen LogP contribution in [0.15, 0.2) is 0 Å². The van der Waals surface area contributed by atoms with Crippen molar-refractivity contribution < 1.29 is 0 Å². The molecule has 0 saturated carbocycles. The maximum atomic E-state index is 4.39. The topological polar surface area (TPSA) is 9.72 Å². The van der Waals surface area contributed by atoms with E-state index in [0.29, 0.717) is 0 Å². The number of piperazine rings is 1. The molecule has 4 heteroatoms. The minimum absolute atomic E-state index is 0.757. The molecule has 2 saturated heterocycles. The van der Waals surface area contributed by atoms with E-state index >= 15 is 0 Å². The summed E-state index contributed by atoms with van der Waals surface area (Å²) in [5, 5.41) is 0. The van der Waals surface area contributed by atoms with Crippen LogP contribution in [-0.4, -0.2) is 60.0 Å². The minimum Gasteiger partial charge on any atom is -0.293 e. The van der Waals surface area contributed by atoms with Gasteiger partial charge in [-0.25, -0.2) is 0 Å². The lowest BCUT2D eigenvalue weighted by atomic mass is 10.1. The normalized spacial score (nSPS) is 35.0. The van der Waals surface area contributed by atoms with E-state index < -0.39 is 0 Å². The Morgan fingerprint density at radius 3 is 2.92 bits per heavy atom. The number of hydrogen-bond donors (Lipinski definition) is 1. The second-order valence-electron chi connectivity index (χ2n) is 3.89. The molecule has 2 aliphatic heterocycles. The smallest absolute Gasteiger partial charge is 0.0507 e. The third kappa shape index (κ3) is 1.76. The fourth-order valence-corrected chi connectivity index (χ4v) is 2.36. The first kappa shape index (κ1) is 8.81. The Labute approximate surface area is 79.9 Å². The molecular formula is C8H17N3S. The van der Waals surface area contributed by atoms with Crippen molar-refractivity contribution in [3.8, 4) is 0 Å². The molecule has 0 bridgehead atoms. The van der Waals surface area contributed by atoms with Crippen LogP contribution in [0.4, 0.5) is 0 Å². The molecule has 2 heterocycles. The molecule has 1 unspecified atom stereocenters. The maximum Gasteiger partial charge on any atom is 0.0507 e. The van der Waals surface area contributed by atoms with Crippen molar-refractivity contribution in [3.05, 3.63) is 0 Å². The summed E-state index contributed by atoms with van der Waals surface area (Å²) in [5.41, 5.74) is 0. The molecule has 0 amide bonds. The molecule has 2 aliphatic rings. The highest BCUT2D eigenvalue weighted by molar-refractivity contribution is 7.77. The summed E-state index contributed by atoms with van der Waals surface area (Å²) in [7, 11) is 2.20. The van der Waals surface area contributed by atoms with Gasteiger partial charge in [-0.3, -0.25) is 14.1 Å². The summed E-state index contributed by atoms with van der Waals surface area (Å²) in [6, 6.07) is 0.757. The van der Waals surface area contributed by atoms with E-state index in [1.807, 2.05) is 0 Å². The molecule has 0 N–H and O–H groups in total. The van der Waals surface area contributed by atoms with E-state index in [0.717, 1.165) is 25.8 Å². The van der Waals surface area contributed by atoms with Crippen LogP contribution in [-0.2, 0) is 0 Å². The van der Waals surface area contributed by atoms with Gasteiger partial charge in [-0.1, -0.05) is 12.8 Å². The zero-order valence-corrected chi connectivity index (χ0v) is 8.50. The summed E-state index contributed by atoms with van der Waals surface area (Å²) < 4.78 is 2.15. The van der Waals surface area contributed by atoms with Crippen LogP contribution in [0.2, 0.25) is 0 Å². The van der Waals surface area contributed by atoms with E-state index in [-0.39, 0.29) is 0 Å². The number of thiol groups is 1. The first-order chi connectivity index (χ1) is 5.75. The van der Waals surface area contributed by atoms with Crippen LogP contribution in [0.25, 0.3) is 0 Å². The van der Waals surface area contributed by atoms with E-state index in [4.69, 9.17) is 0 Å². The average Bonchev–Trinajstić information content (AvgIpc) is 2.05. The van der Waals surface area contributed by atoms with Gasteiger partial charge < -0.3 is 0 Å². The lowest BCUT2D eigenvalue weighted by Crippen LogP contribution is -2.57. The van der Waals surface area contributed by atoms with Gasteiger partial charge in [-0.05, 0) is 13.5 Å². The largest absolute Gasteiger partial charge is 0.293 e. The van der Waals surface area contributed by atoms with Crippen LogP contribution in [0, 0.1) is 0 Å². The summed E-state index contributed by atoms with van der Waals surface area (Å²) in [4.78, 5) is 4.96. The lowest BCUT2D eigenvalue weighted by molar-refractivity contribution is 0.0213. The standard InChI is InChI=1S/C8H17N3S/c1-9-3-2-8-6-11(12)5-4-10(8)7-9/h8,12H,2-7H2,1H3. The highest BCUT2D eigenvalue weighted by atomic mass is 32.1. The quantitative estimate of drug-likeness (QED) is 0.540. The second kappa shape index (κ2) is 3.54. The van der Waals surface area contributed by atoms with Crippen molar-refractivity contribution in [1.82, 2.24) is 14.1 Å². The zero-order valence-electron chi connectivity index (χ0n) is 7.61. The first-order valence-corrected chi connectivity index (χ1v) is 5.02. The van der Waals surface area contributed by atoms with E-state index in [1.54, 1.807) is 0 Å². The van der Waals surface area contributed by atoms with Gasteiger partial charge in [0.15, 0.2) is 0 Å². The van der Waals surface area contributed by atoms with Gasteiger partial charge in [0.05, 0.1) is 6.67 Å². The molecule has 12 heavy (non-hydrogen) atoms. The number of fused-ring (bicyclic) bond motifs is 1. The van der Waals surface area contributed by atoms with Crippen molar-refractivity contribution in [1.29, 1.82) is 0 Å². The molecule has 0 spiro atoms. The molecule has 2 rings (SSSR count). The summed E-state index contributed by atoms with van der Waals surface area (Å²) in [6.45, 7) is 5.80. The van der Waals surface area contributed by atoms with Crippen LogP contribution in [0.5, 0.6) is 0 Å².